The van der Waals surface area contributed by atoms with E-state index in [0.29, 0.717) is 98.4 Å². The summed E-state index contributed by atoms with van der Waals surface area (Å²) in [5.74, 6) is -2.63. The van der Waals surface area contributed by atoms with Gasteiger partial charge >= 0.3 is 12.1 Å². The fourth-order valence-corrected chi connectivity index (χ4v) is 11.8. The predicted molar refractivity (Wildman–Crippen MR) is 324 cm³/mol. The summed E-state index contributed by atoms with van der Waals surface area (Å²) in [5.41, 5.74) is 7.98. The minimum absolute atomic E-state index is 0.117. The van der Waals surface area contributed by atoms with Crippen molar-refractivity contribution in [3.05, 3.63) is 117 Å². The summed E-state index contributed by atoms with van der Waals surface area (Å²) in [7, 11) is -7.01. The number of carbonyl (C=O) groups is 6. The summed E-state index contributed by atoms with van der Waals surface area (Å²) in [5, 5.41) is 11.5. The molecule has 3 aromatic heterocycles. The Morgan fingerprint density at radius 2 is 1.60 bits per heavy atom. The standard InChI is InChI=1S/C60H76N10O16S2/c1-6-60(47-31-50-54-45(34-69(50)56(75)46(47)36-84-57(60)76)43(44-16-10-11-17-48(44)68-54)24-28-70(39(2)3)88(5,80)81)86-59(77)85-35-40-20-22-42(23-21-40)66-55(74)49(18-12-13-25-61)67-53(73)38-83-37-52(72)62-26-14-29-82-30-27-63-51(71)19-9-7-8-15-41-32-64-58(65-33-41)87(4,78)79/h8,10-11,15-17,20-23,31-33,39,49H,6-7,9,12-14,18-19,24-30,34-38,61H2,1-5H3,(H,62,72)(H,63,71)(H,66,74)(H,67,73)/b15-8-/t49-,60-/m0/s1. The molecule has 4 amide bonds. The number of benzene rings is 2. The third-order valence-corrected chi connectivity index (χ3v) is 16.9. The van der Waals surface area contributed by atoms with Crippen LogP contribution in [-0.4, -0.2) is 154 Å². The van der Waals surface area contributed by atoms with Gasteiger partial charge in [0.15, 0.2) is 0 Å². The van der Waals surface area contributed by atoms with Crippen LogP contribution in [0.1, 0.15) is 106 Å². The molecule has 0 radical (unpaired) electrons. The van der Waals surface area contributed by atoms with Crippen LogP contribution in [0, 0.1) is 0 Å². The van der Waals surface area contributed by atoms with Crippen LogP contribution in [0.25, 0.3) is 28.4 Å². The van der Waals surface area contributed by atoms with E-state index in [9.17, 15) is 50.4 Å². The highest BCUT2D eigenvalue weighted by Gasteiger charge is 2.51. The summed E-state index contributed by atoms with van der Waals surface area (Å²) < 4.78 is 79.2. The minimum Gasteiger partial charge on any atom is -0.457 e. The second kappa shape index (κ2) is 31.2. The number of unbranched alkanes of at least 4 members (excludes halogenated alkanes) is 2. The lowest BCUT2D eigenvalue weighted by Gasteiger charge is -2.35. The molecule has 0 aliphatic carbocycles. The van der Waals surface area contributed by atoms with Gasteiger partial charge in [0.05, 0.1) is 41.9 Å². The first-order chi connectivity index (χ1) is 42.0. The average molecular weight is 1260 g/mol. The molecule has 26 nitrogen and oxygen atoms in total. The van der Waals surface area contributed by atoms with Crippen LogP contribution >= 0.6 is 0 Å². The number of allylic oxidation sites excluding steroid dienone is 1. The van der Waals surface area contributed by atoms with E-state index in [1.54, 1.807) is 57.2 Å². The van der Waals surface area contributed by atoms with E-state index < -0.39 is 80.1 Å². The van der Waals surface area contributed by atoms with Crippen LogP contribution < -0.4 is 32.6 Å². The normalized spacial score (nSPS) is 14.9. The van der Waals surface area contributed by atoms with Crippen LogP contribution in [-0.2, 0) is 99.3 Å². The van der Waals surface area contributed by atoms with Gasteiger partial charge in [-0.25, -0.2) is 41.4 Å². The molecule has 0 saturated carbocycles. The van der Waals surface area contributed by atoms with Crippen molar-refractivity contribution in [2.24, 2.45) is 5.73 Å². The molecule has 0 bridgehead atoms. The summed E-state index contributed by atoms with van der Waals surface area (Å²) in [6, 6.07) is 14.1. The molecular weight excluding hydrogens is 1180 g/mol. The van der Waals surface area contributed by atoms with Gasteiger partial charge in [0.2, 0.25) is 54.2 Å². The smallest absolute Gasteiger partial charge is 0.457 e. The maximum atomic E-state index is 14.4. The number of nitrogens with zero attached hydrogens (tertiary/aromatic N) is 5. The molecule has 0 fully saturated rings. The fraction of sp³-hybridized carbons (Fsp3) is 0.467. The summed E-state index contributed by atoms with van der Waals surface area (Å²) >= 11 is 0. The molecule has 88 heavy (non-hydrogen) atoms. The van der Waals surface area contributed by atoms with Gasteiger partial charge in [-0.1, -0.05) is 49.4 Å². The number of sulfonamides is 1. The van der Waals surface area contributed by atoms with Crippen molar-refractivity contribution >= 4 is 78.3 Å². The average Bonchev–Trinajstić information content (AvgIpc) is 1.56. The van der Waals surface area contributed by atoms with Gasteiger partial charge in [0, 0.05) is 85.1 Å². The molecule has 5 heterocycles. The number of nitrogens with two attached hydrogens (primary N) is 1. The second-order valence-electron chi connectivity index (χ2n) is 21.5. The first kappa shape index (κ1) is 67.5. The van der Waals surface area contributed by atoms with E-state index in [2.05, 4.69) is 31.2 Å². The van der Waals surface area contributed by atoms with E-state index in [1.165, 1.54) is 27.5 Å². The first-order valence-electron chi connectivity index (χ1n) is 29.0. The highest BCUT2D eigenvalue weighted by molar-refractivity contribution is 7.90. The highest BCUT2D eigenvalue weighted by atomic mass is 32.2. The number of hydrogen-bond donors (Lipinski definition) is 5. The number of ether oxygens (including phenoxy) is 5. The van der Waals surface area contributed by atoms with Gasteiger partial charge in [0.1, 0.15) is 32.5 Å². The van der Waals surface area contributed by atoms with E-state index in [0.717, 1.165) is 22.8 Å². The van der Waals surface area contributed by atoms with Gasteiger partial charge in [-0.15, -0.1) is 0 Å². The third kappa shape index (κ3) is 18.1. The second-order valence-corrected chi connectivity index (χ2v) is 25.3. The summed E-state index contributed by atoms with van der Waals surface area (Å²) in [4.78, 5) is 105. The lowest BCUT2D eigenvalue weighted by molar-refractivity contribution is -0.175. The highest BCUT2D eigenvalue weighted by Crippen LogP contribution is 2.42. The van der Waals surface area contributed by atoms with Crippen molar-refractivity contribution in [1.29, 1.82) is 0 Å². The van der Waals surface area contributed by atoms with Crippen molar-refractivity contribution < 1.29 is 69.3 Å². The Morgan fingerprint density at radius 3 is 2.31 bits per heavy atom. The molecule has 474 valence electrons. The van der Waals surface area contributed by atoms with Crippen molar-refractivity contribution in [2.75, 3.05) is 70.4 Å². The summed E-state index contributed by atoms with van der Waals surface area (Å²) in [6.07, 6.45) is 11.0. The number of anilines is 1. The lowest BCUT2D eigenvalue weighted by atomic mass is 9.85. The van der Waals surface area contributed by atoms with Gasteiger partial charge in [0.25, 0.3) is 5.56 Å². The molecule has 2 aliphatic rings. The van der Waals surface area contributed by atoms with Crippen LogP contribution in [0.5, 0.6) is 0 Å². The van der Waals surface area contributed by atoms with Crippen molar-refractivity contribution in [1.82, 2.24) is 39.8 Å². The maximum absolute atomic E-state index is 14.4. The number of esters is 1. The van der Waals surface area contributed by atoms with Gasteiger partial charge in [-0.05, 0) is 107 Å². The number of cyclic esters (lactones) is 1. The molecule has 2 aromatic carbocycles. The Balaban J connectivity index is 0.835. The number of amides is 4. The molecule has 2 atom stereocenters. The third-order valence-electron chi connectivity index (χ3n) is 14.6. The number of sulfone groups is 1. The summed E-state index contributed by atoms with van der Waals surface area (Å²) in [6.45, 7) is 5.52. The Bertz CT molecular complexity index is 3660. The maximum Gasteiger partial charge on any atom is 0.510 e. The number of fused-ring (bicyclic) bond motifs is 5. The van der Waals surface area contributed by atoms with Gasteiger partial charge in [-0.3, -0.25) is 24.0 Å². The predicted octanol–water partition coefficient (Wildman–Crippen LogP) is 3.94. The molecular formula is C60H76N10O16S2. The zero-order valence-corrected chi connectivity index (χ0v) is 51.6. The molecule has 5 aromatic rings. The van der Waals surface area contributed by atoms with Crippen LogP contribution in [0.4, 0.5) is 10.5 Å². The largest absolute Gasteiger partial charge is 0.510 e. The van der Waals surface area contributed by atoms with E-state index >= 15 is 0 Å². The Morgan fingerprint density at radius 1 is 0.875 bits per heavy atom. The molecule has 0 spiro atoms. The molecule has 0 saturated heterocycles. The fourth-order valence-electron chi connectivity index (χ4n) is 10.2. The van der Waals surface area contributed by atoms with Crippen molar-refractivity contribution in [3.63, 3.8) is 0 Å². The molecule has 7 rings (SSSR count). The number of aromatic nitrogens is 4. The number of hydrogen-bond acceptors (Lipinski definition) is 20. The quantitative estimate of drug-likeness (QED) is 0.0221. The van der Waals surface area contributed by atoms with Crippen molar-refractivity contribution in [2.45, 2.75) is 121 Å². The first-order valence-corrected chi connectivity index (χ1v) is 32.7. The minimum atomic E-state index is -3.54. The van der Waals surface area contributed by atoms with Crippen LogP contribution in [0.2, 0.25) is 0 Å². The van der Waals surface area contributed by atoms with Crippen LogP contribution in [0.3, 0.4) is 0 Å². The van der Waals surface area contributed by atoms with Gasteiger partial charge < -0.3 is 55.3 Å². The Labute approximate surface area is 510 Å². The lowest BCUT2D eigenvalue weighted by Crippen LogP contribution is -2.47. The number of rotatable bonds is 33. The Kier molecular flexibility index (Phi) is 24.0. The molecule has 0 unspecified atom stereocenters. The van der Waals surface area contributed by atoms with E-state index in [1.807, 2.05) is 30.3 Å². The van der Waals surface area contributed by atoms with E-state index in [-0.39, 0.29) is 80.5 Å². The Hall–Kier alpha value is -8.02. The number of para-hydroxylation sites is 1. The number of pyridine rings is 2. The SMILES string of the molecule is CC[C@@]1(OC(=O)OCc2ccc(NC(=O)[C@H](CCCCN)NC(=O)COCC(=O)NCCCOCCNC(=O)CCC/C=C\c3cnc(S(C)(=O)=O)nc3)cc2)C(=O)OCc2c1cc1n(c2=O)Cc2c-1nc1ccccc1c2CCN(C(C)C)S(C)(=O)=O. The number of carbonyl (C=O) groups excluding carboxylic acids is 6. The van der Waals surface area contributed by atoms with E-state index in [4.69, 9.17) is 34.4 Å². The van der Waals surface area contributed by atoms with Crippen molar-refractivity contribution in [3.8, 4) is 11.4 Å². The topological polar surface area (TPSA) is 355 Å². The molecule has 2 aliphatic heterocycles. The monoisotopic (exact) mass is 1260 g/mol. The molecule has 28 heteroatoms. The number of nitrogens with one attached hydrogen (secondary N) is 4. The molecule has 6 N–H and O–H groups in total. The van der Waals surface area contributed by atoms with Crippen LogP contribution in [0.15, 0.2) is 83.0 Å². The zero-order valence-electron chi connectivity index (χ0n) is 50.0. The zero-order chi connectivity index (χ0) is 63.6. The van der Waals surface area contributed by atoms with Gasteiger partial charge in [-0.2, -0.15) is 4.31 Å².